The van der Waals surface area contributed by atoms with Crippen LogP contribution in [0.15, 0.2) is 16.5 Å². The molecule has 7 heteroatoms. The number of rotatable bonds is 4. The van der Waals surface area contributed by atoms with Crippen LogP contribution in [0, 0.1) is 6.92 Å². The highest BCUT2D eigenvalue weighted by Crippen LogP contribution is 2.30. The summed E-state index contributed by atoms with van der Waals surface area (Å²) in [6.45, 7) is 3.50. The Bertz CT molecular complexity index is 649. The van der Waals surface area contributed by atoms with Crippen LogP contribution >= 0.6 is 0 Å². The molecule has 2 aromatic rings. The summed E-state index contributed by atoms with van der Waals surface area (Å²) in [4.78, 5) is 18.2. The number of furan rings is 1. The number of likely N-dealkylation sites (tertiary alicyclic amines) is 1. The summed E-state index contributed by atoms with van der Waals surface area (Å²) in [6, 6.07) is 3.66. The molecule has 0 bridgehead atoms. The molecule has 1 saturated heterocycles. The zero-order valence-corrected chi connectivity index (χ0v) is 12.8. The van der Waals surface area contributed by atoms with Gasteiger partial charge in [0.1, 0.15) is 11.6 Å². The normalized spacial score (nSPS) is 19.3. The second-order valence-corrected chi connectivity index (χ2v) is 5.52. The number of esters is 1. The SMILES string of the molecule is COC(=O)c1ccc(CN2CCCC[C@@H]2c2n[nH]c(C)n2)o1. The number of H-pyrrole nitrogens is 1. The average Bonchev–Trinajstić information content (AvgIpc) is 3.16. The molecule has 1 aliphatic heterocycles. The van der Waals surface area contributed by atoms with Crippen LogP contribution in [-0.4, -0.2) is 39.7 Å². The van der Waals surface area contributed by atoms with Gasteiger partial charge < -0.3 is 9.15 Å². The van der Waals surface area contributed by atoms with Gasteiger partial charge in [0, 0.05) is 0 Å². The van der Waals surface area contributed by atoms with Crippen molar-refractivity contribution in [3.63, 3.8) is 0 Å². The van der Waals surface area contributed by atoms with Crippen LogP contribution in [0.25, 0.3) is 0 Å². The zero-order chi connectivity index (χ0) is 15.5. The lowest BCUT2D eigenvalue weighted by atomic mass is 10.0. The van der Waals surface area contributed by atoms with Crippen LogP contribution in [0.4, 0.5) is 0 Å². The number of ether oxygens (including phenoxy) is 1. The monoisotopic (exact) mass is 304 g/mol. The Labute approximate surface area is 128 Å². The van der Waals surface area contributed by atoms with E-state index in [1.54, 1.807) is 6.07 Å². The van der Waals surface area contributed by atoms with Gasteiger partial charge in [-0.2, -0.15) is 5.10 Å². The van der Waals surface area contributed by atoms with Crippen molar-refractivity contribution >= 4 is 5.97 Å². The van der Waals surface area contributed by atoms with Gasteiger partial charge in [0.2, 0.25) is 5.76 Å². The number of carbonyl (C=O) groups excluding carboxylic acids is 1. The summed E-state index contributed by atoms with van der Waals surface area (Å²) < 4.78 is 10.2. The number of methoxy groups -OCH3 is 1. The van der Waals surface area contributed by atoms with Crippen molar-refractivity contribution in [3.05, 3.63) is 35.3 Å². The van der Waals surface area contributed by atoms with Crippen molar-refractivity contribution in [2.24, 2.45) is 0 Å². The molecule has 118 valence electrons. The molecule has 7 nitrogen and oxygen atoms in total. The standard InChI is InChI=1S/C15H20N4O3/c1-10-16-14(18-17-10)12-5-3-4-8-19(12)9-11-6-7-13(22-11)15(20)21-2/h6-7,12H,3-5,8-9H2,1-2H3,(H,16,17,18)/t12-/m1/s1. The lowest BCUT2D eigenvalue weighted by molar-refractivity contribution is 0.0558. The van der Waals surface area contributed by atoms with E-state index >= 15 is 0 Å². The molecule has 2 aromatic heterocycles. The quantitative estimate of drug-likeness (QED) is 0.872. The van der Waals surface area contributed by atoms with Gasteiger partial charge >= 0.3 is 5.97 Å². The van der Waals surface area contributed by atoms with Crippen molar-refractivity contribution in [1.82, 2.24) is 20.1 Å². The number of carbonyl (C=O) groups is 1. The van der Waals surface area contributed by atoms with Gasteiger partial charge in [-0.25, -0.2) is 9.78 Å². The molecule has 0 aliphatic carbocycles. The first-order chi connectivity index (χ1) is 10.7. The van der Waals surface area contributed by atoms with Gasteiger partial charge in [-0.15, -0.1) is 0 Å². The summed E-state index contributed by atoms with van der Waals surface area (Å²) in [6.07, 6.45) is 3.34. The Morgan fingerprint density at radius 1 is 1.50 bits per heavy atom. The number of hydrogen-bond acceptors (Lipinski definition) is 6. The second kappa shape index (κ2) is 6.31. The van der Waals surface area contributed by atoms with E-state index in [1.165, 1.54) is 13.5 Å². The fourth-order valence-electron chi connectivity index (χ4n) is 2.86. The van der Waals surface area contributed by atoms with E-state index in [1.807, 2.05) is 13.0 Å². The minimum Gasteiger partial charge on any atom is -0.463 e. The smallest absolute Gasteiger partial charge is 0.373 e. The molecule has 0 saturated carbocycles. The van der Waals surface area contributed by atoms with E-state index in [0.717, 1.165) is 36.8 Å². The minimum atomic E-state index is -0.453. The molecule has 1 atom stereocenters. The third kappa shape index (κ3) is 3.04. The molecule has 3 rings (SSSR count). The predicted molar refractivity (Wildman–Crippen MR) is 78.2 cm³/mol. The molecule has 0 amide bonds. The van der Waals surface area contributed by atoms with Crippen molar-refractivity contribution in [1.29, 1.82) is 0 Å². The first kappa shape index (κ1) is 14.8. The molecule has 1 fully saturated rings. The Morgan fingerprint density at radius 3 is 3.09 bits per heavy atom. The van der Waals surface area contributed by atoms with Gasteiger partial charge in [-0.1, -0.05) is 6.42 Å². The number of aromatic amines is 1. The van der Waals surface area contributed by atoms with Gasteiger partial charge in [-0.05, 0) is 38.4 Å². The molecule has 0 radical (unpaired) electrons. The lowest BCUT2D eigenvalue weighted by Crippen LogP contribution is -2.33. The number of aryl methyl sites for hydroxylation is 1. The van der Waals surface area contributed by atoms with Crippen LogP contribution in [0.2, 0.25) is 0 Å². The third-order valence-corrected chi connectivity index (χ3v) is 3.93. The predicted octanol–water partition coefficient (Wildman–Crippen LogP) is 2.22. The van der Waals surface area contributed by atoms with E-state index in [9.17, 15) is 4.79 Å². The number of nitrogens with zero attached hydrogens (tertiary/aromatic N) is 3. The molecular formula is C15H20N4O3. The van der Waals surface area contributed by atoms with E-state index in [4.69, 9.17) is 4.42 Å². The summed E-state index contributed by atoms with van der Waals surface area (Å²) >= 11 is 0. The van der Waals surface area contributed by atoms with Crippen LogP contribution < -0.4 is 0 Å². The summed E-state index contributed by atoms with van der Waals surface area (Å²) in [5, 5.41) is 7.20. The van der Waals surface area contributed by atoms with E-state index < -0.39 is 5.97 Å². The lowest BCUT2D eigenvalue weighted by Gasteiger charge is -2.33. The fraction of sp³-hybridized carbons (Fsp3) is 0.533. The highest BCUT2D eigenvalue weighted by molar-refractivity contribution is 5.86. The summed E-state index contributed by atoms with van der Waals surface area (Å²) in [7, 11) is 1.34. The maximum absolute atomic E-state index is 11.5. The maximum Gasteiger partial charge on any atom is 0.373 e. The number of aromatic nitrogens is 3. The van der Waals surface area contributed by atoms with Gasteiger partial charge in [0.25, 0.3) is 0 Å². The Hall–Kier alpha value is -2.15. The highest BCUT2D eigenvalue weighted by Gasteiger charge is 2.28. The van der Waals surface area contributed by atoms with E-state index in [0.29, 0.717) is 6.54 Å². The van der Waals surface area contributed by atoms with Crippen LogP contribution in [0.3, 0.4) is 0 Å². The van der Waals surface area contributed by atoms with E-state index in [2.05, 4.69) is 24.8 Å². The van der Waals surface area contributed by atoms with Crippen LogP contribution in [-0.2, 0) is 11.3 Å². The Morgan fingerprint density at radius 2 is 2.36 bits per heavy atom. The first-order valence-electron chi connectivity index (χ1n) is 7.47. The zero-order valence-electron chi connectivity index (χ0n) is 12.8. The third-order valence-electron chi connectivity index (χ3n) is 3.93. The fourth-order valence-corrected chi connectivity index (χ4v) is 2.86. The second-order valence-electron chi connectivity index (χ2n) is 5.52. The van der Waals surface area contributed by atoms with E-state index in [-0.39, 0.29) is 11.8 Å². The largest absolute Gasteiger partial charge is 0.463 e. The molecule has 1 aliphatic rings. The minimum absolute atomic E-state index is 0.186. The van der Waals surface area contributed by atoms with Crippen LogP contribution in [0.1, 0.15) is 53.3 Å². The van der Waals surface area contributed by atoms with Crippen molar-refractivity contribution in [3.8, 4) is 0 Å². The topological polar surface area (TPSA) is 84.2 Å². The average molecular weight is 304 g/mol. The van der Waals surface area contributed by atoms with Crippen molar-refractivity contribution in [2.45, 2.75) is 38.8 Å². The number of piperidine rings is 1. The molecule has 0 spiro atoms. The molecule has 3 heterocycles. The molecule has 0 aromatic carbocycles. The van der Waals surface area contributed by atoms with Crippen molar-refractivity contribution < 1.29 is 13.9 Å². The van der Waals surface area contributed by atoms with Gasteiger partial charge in [0.05, 0.1) is 19.7 Å². The van der Waals surface area contributed by atoms with Gasteiger partial charge in [0.15, 0.2) is 5.82 Å². The Kier molecular flexibility index (Phi) is 4.24. The molecule has 22 heavy (non-hydrogen) atoms. The number of nitrogens with one attached hydrogen (secondary N) is 1. The maximum atomic E-state index is 11.5. The van der Waals surface area contributed by atoms with Crippen LogP contribution in [0.5, 0.6) is 0 Å². The molecular weight excluding hydrogens is 284 g/mol. The molecule has 0 unspecified atom stereocenters. The summed E-state index contributed by atoms with van der Waals surface area (Å²) in [5.41, 5.74) is 0. The summed E-state index contributed by atoms with van der Waals surface area (Å²) in [5.74, 6) is 2.19. The van der Waals surface area contributed by atoms with Gasteiger partial charge in [-0.3, -0.25) is 10.00 Å². The van der Waals surface area contributed by atoms with Crippen molar-refractivity contribution in [2.75, 3.05) is 13.7 Å². The number of hydrogen-bond donors (Lipinski definition) is 1. The highest BCUT2D eigenvalue weighted by atomic mass is 16.5. The molecule has 1 N–H and O–H groups in total. The first-order valence-corrected chi connectivity index (χ1v) is 7.47. The Balaban J connectivity index is 1.74.